The molecule has 5 nitrogen and oxygen atoms in total. The number of H-pyrrole nitrogens is 1. The topological polar surface area (TPSA) is 69.2 Å². The van der Waals surface area contributed by atoms with Crippen LogP contribution in [0.15, 0.2) is 6.20 Å². The second kappa shape index (κ2) is 5.79. The van der Waals surface area contributed by atoms with Crippen LogP contribution < -0.4 is 0 Å². The van der Waals surface area contributed by atoms with Gasteiger partial charge in [-0.3, -0.25) is 4.79 Å². The van der Waals surface area contributed by atoms with Crippen LogP contribution in [0.2, 0.25) is 0 Å². The van der Waals surface area contributed by atoms with Gasteiger partial charge >= 0.3 is 0 Å². The molecule has 5 heteroatoms. The van der Waals surface area contributed by atoms with Gasteiger partial charge in [-0.2, -0.15) is 0 Å². The number of carbonyl (C=O) groups is 1. The minimum absolute atomic E-state index is 0.102. The Morgan fingerprint density at radius 3 is 2.90 bits per heavy atom. The van der Waals surface area contributed by atoms with Crippen LogP contribution in [-0.2, 0) is 4.79 Å². The number of hydrogen-bond acceptors (Lipinski definition) is 3. The maximum Gasteiger partial charge on any atom is 0.225 e. The first-order chi connectivity index (χ1) is 10.1. The van der Waals surface area contributed by atoms with E-state index in [1.807, 2.05) is 18.0 Å². The fourth-order valence-corrected chi connectivity index (χ4v) is 3.63. The molecule has 0 unspecified atom stereocenters. The molecule has 1 aliphatic heterocycles. The molecule has 1 amide bonds. The summed E-state index contributed by atoms with van der Waals surface area (Å²) in [6, 6.07) is 0. The molecule has 2 aliphatic rings. The van der Waals surface area contributed by atoms with Crippen LogP contribution in [0.5, 0.6) is 0 Å². The van der Waals surface area contributed by atoms with Crippen molar-refractivity contribution in [1.29, 1.82) is 0 Å². The molecule has 1 aromatic heterocycles. The maximum atomic E-state index is 12.4. The summed E-state index contributed by atoms with van der Waals surface area (Å²) in [5.74, 6) is 1.40. The standard InChI is InChI=1S/C16H25N3O2/c1-12-10-17-15(18-12)13-5-8-19(11-13)14(20)9-16(21)6-3-2-4-7-16/h10,13,21H,2-9,11H2,1H3,(H,17,18)/t13-/m1/s1. The third-order valence-electron chi connectivity index (χ3n) is 4.91. The van der Waals surface area contributed by atoms with Gasteiger partial charge in [0.2, 0.25) is 5.91 Å². The van der Waals surface area contributed by atoms with Crippen molar-refractivity contribution in [1.82, 2.24) is 14.9 Å². The highest BCUT2D eigenvalue weighted by atomic mass is 16.3. The lowest BCUT2D eigenvalue weighted by Crippen LogP contribution is -2.39. The summed E-state index contributed by atoms with van der Waals surface area (Å²) < 4.78 is 0. The Labute approximate surface area is 125 Å². The molecule has 1 saturated carbocycles. The molecular formula is C16H25N3O2. The lowest BCUT2D eigenvalue weighted by atomic mass is 9.82. The number of amides is 1. The molecule has 1 aliphatic carbocycles. The fraction of sp³-hybridized carbons (Fsp3) is 0.750. The number of aryl methyl sites for hydroxylation is 1. The highest BCUT2D eigenvalue weighted by molar-refractivity contribution is 5.77. The molecule has 1 aromatic rings. The molecule has 2 N–H and O–H groups in total. The molecule has 116 valence electrons. The maximum absolute atomic E-state index is 12.4. The number of likely N-dealkylation sites (tertiary alicyclic amines) is 1. The molecule has 1 atom stereocenters. The first kappa shape index (κ1) is 14.6. The van der Waals surface area contributed by atoms with E-state index in [9.17, 15) is 9.90 Å². The molecule has 0 aromatic carbocycles. The van der Waals surface area contributed by atoms with E-state index in [2.05, 4.69) is 9.97 Å². The predicted molar refractivity (Wildman–Crippen MR) is 79.9 cm³/mol. The van der Waals surface area contributed by atoms with Gasteiger partial charge in [0, 0.05) is 30.9 Å². The van der Waals surface area contributed by atoms with Crippen molar-refractivity contribution in [2.75, 3.05) is 13.1 Å². The summed E-state index contributed by atoms with van der Waals surface area (Å²) in [5, 5.41) is 10.5. The molecule has 0 bridgehead atoms. The van der Waals surface area contributed by atoms with Gasteiger partial charge in [-0.05, 0) is 26.2 Å². The van der Waals surface area contributed by atoms with E-state index in [-0.39, 0.29) is 12.3 Å². The van der Waals surface area contributed by atoms with E-state index < -0.39 is 5.60 Å². The Balaban J connectivity index is 1.57. The summed E-state index contributed by atoms with van der Waals surface area (Å²) >= 11 is 0. The molecular weight excluding hydrogens is 266 g/mol. The average molecular weight is 291 g/mol. The summed E-state index contributed by atoms with van der Waals surface area (Å²) in [6.45, 7) is 3.49. The van der Waals surface area contributed by atoms with Crippen LogP contribution in [0.1, 0.15) is 62.4 Å². The molecule has 2 fully saturated rings. The number of carbonyl (C=O) groups excluding carboxylic acids is 1. The first-order valence-corrected chi connectivity index (χ1v) is 8.07. The smallest absolute Gasteiger partial charge is 0.225 e. The Morgan fingerprint density at radius 1 is 1.48 bits per heavy atom. The van der Waals surface area contributed by atoms with Gasteiger partial charge < -0.3 is 15.0 Å². The summed E-state index contributed by atoms with van der Waals surface area (Å²) in [5.41, 5.74) is 0.306. The van der Waals surface area contributed by atoms with Crippen LogP contribution in [0.25, 0.3) is 0 Å². The van der Waals surface area contributed by atoms with Crippen molar-refractivity contribution in [3.05, 3.63) is 17.7 Å². The SMILES string of the molecule is Cc1cnc([C@@H]2CCN(C(=O)CC3(O)CCCCC3)C2)[nH]1. The highest BCUT2D eigenvalue weighted by Gasteiger charge is 2.36. The minimum atomic E-state index is -0.755. The van der Waals surface area contributed by atoms with Crippen molar-refractivity contribution in [3.63, 3.8) is 0 Å². The molecule has 1 saturated heterocycles. The summed E-state index contributed by atoms with van der Waals surface area (Å²) in [4.78, 5) is 22.0. The molecule has 2 heterocycles. The second-order valence-corrected chi connectivity index (χ2v) is 6.74. The summed E-state index contributed by atoms with van der Waals surface area (Å²) in [6.07, 6.45) is 7.88. The number of aromatic amines is 1. The van der Waals surface area contributed by atoms with Crippen molar-refractivity contribution in [2.24, 2.45) is 0 Å². The Hall–Kier alpha value is -1.36. The van der Waals surface area contributed by atoms with E-state index in [4.69, 9.17) is 0 Å². The second-order valence-electron chi connectivity index (χ2n) is 6.74. The van der Waals surface area contributed by atoms with E-state index >= 15 is 0 Å². The number of hydrogen-bond donors (Lipinski definition) is 2. The minimum Gasteiger partial charge on any atom is -0.389 e. The zero-order chi connectivity index (χ0) is 14.9. The van der Waals surface area contributed by atoms with Crippen LogP contribution in [0.3, 0.4) is 0 Å². The Kier molecular flexibility index (Phi) is 4.02. The van der Waals surface area contributed by atoms with Gasteiger partial charge in [-0.15, -0.1) is 0 Å². The van der Waals surface area contributed by atoms with Gasteiger partial charge in [-0.25, -0.2) is 4.98 Å². The van der Waals surface area contributed by atoms with Crippen molar-refractivity contribution >= 4 is 5.91 Å². The van der Waals surface area contributed by atoms with E-state index in [1.165, 1.54) is 6.42 Å². The van der Waals surface area contributed by atoms with Crippen LogP contribution in [0, 0.1) is 6.92 Å². The van der Waals surface area contributed by atoms with Gasteiger partial charge in [0.05, 0.1) is 12.0 Å². The summed E-state index contributed by atoms with van der Waals surface area (Å²) in [7, 11) is 0. The van der Waals surface area contributed by atoms with Crippen LogP contribution in [0.4, 0.5) is 0 Å². The highest BCUT2D eigenvalue weighted by Crippen LogP contribution is 2.33. The zero-order valence-electron chi connectivity index (χ0n) is 12.8. The van der Waals surface area contributed by atoms with Gasteiger partial charge in [-0.1, -0.05) is 19.3 Å². The number of imidazole rings is 1. The number of aromatic nitrogens is 2. The zero-order valence-corrected chi connectivity index (χ0v) is 12.8. The monoisotopic (exact) mass is 291 g/mol. The Morgan fingerprint density at radius 2 is 2.24 bits per heavy atom. The van der Waals surface area contributed by atoms with E-state index in [1.54, 1.807) is 0 Å². The largest absolute Gasteiger partial charge is 0.389 e. The average Bonchev–Trinajstić information content (AvgIpc) is 3.07. The van der Waals surface area contributed by atoms with Gasteiger partial charge in [0.25, 0.3) is 0 Å². The predicted octanol–water partition coefficient (Wildman–Crippen LogP) is 2.12. The molecule has 3 rings (SSSR count). The number of rotatable bonds is 3. The molecule has 0 radical (unpaired) electrons. The molecule has 21 heavy (non-hydrogen) atoms. The van der Waals surface area contributed by atoms with Crippen LogP contribution in [-0.4, -0.2) is 44.6 Å². The third kappa shape index (κ3) is 3.28. The normalized spacial score (nSPS) is 25.2. The number of nitrogens with one attached hydrogen (secondary N) is 1. The van der Waals surface area contributed by atoms with Crippen molar-refractivity contribution < 1.29 is 9.90 Å². The number of aliphatic hydroxyl groups is 1. The van der Waals surface area contributed by atoms with Gasteiger partial charge in [0.15, 0.2) is 0 Å². The van der Waals surface area contributed by atoms with Gasteiger partial charge in [0.1, 0.15) is 5.82 Å². The third-order valence-corrected chi connectivity index (χ3v) is 4.91. The van der Waals surface area contributed by atoms with Crippen molar-refractivity contribution in [2.45, 2.75) is 63.4 Å². The lowest BCUT2D eigenvalue weighted by molar-refractivity contribution is -0.136. The quantitative estimate of drug-likeness (QED) is 0.896. The van der Waals surface area contributed by atoms with E-state index in [0.717, 1.165) is 56.7 Å². The fourth-order valence-electron chi connectivity index (χ4n) is 3.63. The first-order valence-electron chi connectivity index (χ1n) is 8.07. The van der Waals surface area contributed by atoms with E-state index in [0.29, 0.717) is 5.92 Å². The lowest BCUT2D eigenvalue weighted by Gasteiger charge is -2.32. The number of nitrogens with zero attached hydrogens (tertiary/aromatic N) is 2. The Bertz CT molecular complexity index is 505. The molecule has 0 spiro atoms. The van der Waals surface area contributed by atoms with Crippen molar-refractivity contribution in [3.8, 4) is 0 Å². The van der Waals surface area contributed by atoms with Crippen LogP contribution >= 0.6 is 0 Å².